The number of anilines is 2. The zero-order valence-corrected chi connectivity index (χ0v) is 10.3. The monoisotopic (exact) mass is 252 g/mol. The van der Waals surface area contributed by atoms with Gasteiger partial charge in [-0.2, -0.15) is 4.98 Å². The molecule has 0 bridgehead atoms. The lowest BCUT2D eigenvalue weighted by Crippen LogP contribution is -2.15. The molecule has 1 aromatic rings. The Morgan fingerprint density at radius 1 is 1.56 bits per heavy atom. The van der Waals surface area contributed by atoms with Crippen LogP contribution in [0.25, 0.3) is 0 Å². The first-order valence-electron chi connectivity index (χ1n) is 5.76. The van der Waals surface area contributed by atoms with Crippen molar-refractivity contribution in [3.63, 3.8) is 0 Å². The number of nitrogens with zero attached hydrogens (tertiary/aromatic N) is 3. The molecule has 0 amide bonds. The number of aryl methyl sites for hydroxylation is 1. The fourth-order valence-corrected chi connectivity index (χ4v) is 1.88. The molecule has 0 radical (unpaired) electrons. The van der Waals surface area contributed by atoms with Crippen molar-refractivity contribution in [2.75, 3.05) is 17.3 Å². The fraction of sp³-hybridized carbons (Fsp3) is 0.600. The van der Waals surface area contributed by atoms with Gasteiger partial charge in [0.15, 0.2) is 0 Å². The first kappa shape index (κ1) is 12.5. The summed E-state index contributed by atoms with van der Waals surface area (Å²) >= 11 is 0. The maximum atomic E-state index is 11.0. The van der Waals surface area contributed by atoms with Gasteiger partial charge in [0.25, 0.3) is 0 Å². The van der Waals surface area contributed by atoms with Crippen LogP contribution in [0.1, 0.15) is 19.0 Å². The predicted molar refractivity (Wildman–Crippen MR) is 67.0 cm³/mol. The van der Waals surface area contributed by atoms with Gasteiger partial charge in [0.1, 0.15) is 5.69 Å². The van der Waals surface area contributed by atoms with Crippen LogP contribution in [-0.2, 0) is 0 Å². The molecule has 1 fully saturated rings. The highest BCUT2D eigenvalue weighted by atomic mass is 16.6. The van der Waals surface area contributed by atoms with E-state index in [0.29, 0.717) is 18.4 Å². The lowest BCUT2D eigenvalue weighted by atomic mass is 10.3. The molecule has 0 aromatic carbocycles. The smallest absolute Gasteiger partial charge is 0.332 e. The van der Waals surface area contributed by atoms with Crippen molar-refractivity contribution in [2.45, 2.75) is 20.3 Å². The molecule has 2 rings (SSSR count). The second-order valence-electron chi connectivity index (χ2n) is 4.59. The van der Waals surface area contributed by atoms with Gasteiger partial charge >= 0.3 is 5.69 Å². The normalized spacial score (nSPS) is 21.5. The van der Waals surface area contributed by atoms with E-state index in [-0.39, 0.29) is 23.1 Å². The summed E-state index contributed by atoms with van der Waals surface area (Å²) in [5, 5.41) is 14.0. The van der Waals surface area contributed by atoms with E-state index in [1.165, 1.54) is 0 Å². The highest BCUT2D eigenvalue weighted by Crippen LogP contribution is 2.38. The van der Waals surface area contributed by atoms with Gasteiger partial charge < -0.3 is 5.32 Å². The van der Waals surface area contributed by atoms with E-state index in [0.717, 1.165) is 6.42 Å². The number of aromatic nitrogens is 2. The van der Waals surface area contributed by atoms with Crippen molar-refractivity contribution in [3.8, 4) is 0 Å². The third kappa shape index (κ3) is 2.48. The minimum absolute atomic E-state index is 0.0951. The van der Waals surface area contributed by atoms with Gasteiger partial charge in [-0.25, -0.2) is 10.8 Å². The summed E-state index contributed by atoms with van der Waals surface area (Å²) in [7, 11) is 0. The predicted octanol–water partition coefficient (Wildman–Crippen LogP) is 1.05. The van der Waals surface area contributed by atoms with E-state index in [2.05, 4.69) is 27.6 Å². The first-order chi connectivity index (χ1) is 8.52. The van der Waals surface area contributed by atoms with Gasteiger partial charge in [0.05, 0.1) is 4.92 Å². The van der Waals surface area contributed by atoms with Gasteiger partial charge in [0.2, 0.25) is 11.8 Å². The van der Waals surface area contributed by atoms with Crippen molar-refractivity contribution in [1.29, 1.82) is 0 Å². The lowest BCUT2D eigenvalue weighted by molar-refractivity contribution is -0.385. The minimum atomic E-state index is -0.478. The molecule has 8 nitrogen and oxygen atoms in total. The minimum Gasteiger partial charge on any atom is -0.364 e. The molecule has 1 aliphatic rings. The number of nitrogen functional groups attached to an aromatic ring is 1. The quantitative estimate of drug-likeness (QED) is 0.407. The van der Waals surface area contributed by atoms with Crippen LogP contribution in [0.5, 0.6) is 0 Å². The number of hydrazine groups is 1. The SMILES string of the molecule is Cc1nc(NN)nc(NCC2CC2C)c1[N+](=O)[O-]. The highest BCUT2D eigenvalue weighted by molar-refractivity contribution is 5.60. The van der Waals surface area contributed by atoms with Crippen LogP contribution in [0.4, 0.5) is 17.5 Å². The molecule has 98 valence electrons. The van der Waals surface area contributed by atoms with Gasteiger partial charge in [-0.05, 0) is 25.2 Å². The molecule has 0 spiro atoms. The maximum absolute atomic E-state index is 11.0. The molecule has 1 aromatic heterocycles. The average Bonchev–Trinajstić information content (AvgIpc) is 3.01. The molecule has 8 heteroatoms. The van der Waals surface area contributed by atoms with Crippen LogP contribution in [0, 0.1) is 28.9 Å². The van der Waals surface area contributed by atoms with Crippen LogP contribution in [0.2, 0.25) is 0 Å². The second kappa shape index (κ2) is 4.73. The maximum Gasteiger partial charge on any atom is 0.332 e. The number of nitro groups is 1. The summed E-state index contributed by atoms with van der Waals surface area (Å²) in [6.45, 7) is 4.40. The van der Waals surface area contributed by atoms with Crippen LogP contribution in [0.3, 0.4) is 0 Å². The number of hydrogen-bond donors (Lipinski definition) is 3. The Bertz CT molecular complexity index is 478. The highest BCUT2D eigenvalue weighted by Gasteiger charge is 2.33. The van der Waals surface area contributed by atoms with Crippen LogP contribution in [0.15, 0.2) is 0 Å². The first-order valence-corrected chi connectivity index (χ1v) is 5.76. The van der Waals surface area contributed by atoms with Crippen molar-refractivity contribution in [2.24, 2.45) is 17.7 Å². The van der Waals surface area contributed by atoms with E-state index in [9.17, 15) is 10.1 Å². The molecule has 1 aliphatic carbocycles. The van der Waals surface area contributed by atoms with Crippen LogP contribution >= 0.6 is 0 Å². The molecular formula is C10H16N6O2. The standard InChI is InChI=1S/C10H16N6O2/c1-5-3-7(5)4-12-9-8(16(17)18)6(2)13-10(14-9)15-11/h5,7H,3-4,11H2,1-2H3,(H2,12,13,14,15). The van der Waals surface area contributed by atoms with Crippen molar-refractivity contribution >= 4 is 17.5 Å². The average molecular weight is 252 g/mol. The van der Waals surface area contributed by atoms with Gasteiger partial charge in [-0.1, -0.05) is 6.92 Å². The van der Waals surface area contributed by atoms with Crippen LogP contribution < -0.4 is 16.6 Å². The van der Waals surface area contributed by atoms with E-state index in [1.807, 2.05) is 0 Å². The molecule has 2 unspecified atom stereocenters. The summed E-state index contributed by atoms with van der Waals surface area (Å²) < 4.78 is 0. The topological polar surface area (TPSA) is 119 Å². The lowest BCUT2D eigenvalue weighted by Gasteiger charge is -2.08. The molecular weight excluding hydrogens is 236 g/mol. The molecule has 18 heavy (non-hydrogen) atoms. The Hall–Kier alpha value is -1.96. The molecule has 1 saturated carbocycles. The van der Waals surface area contributed by atoms with E-state index in [1.54, 1.807) is 6.92 Å². The molecule has 2 atom stereocenters. The summed E-state index contributed by atoms with van der Waals surface area (Å²) in [5.74, 6) is 6.86. The summed E-state index contributed by atoms with van der Waals surface area (Å²) in [5.41, 5.74) is 2.49. The van der Waals surface area contributed by atoms with E-state index < -0.39 is 4.92 Å². The largest absolute Gasteiger partial charge is 0.364 e. The number of rotatable bonds is 5. The second-order valence-corrected chi connectivity index (χ2v) is 4.59. The Balaban J connectivity index is 2.23. The Kier molecular flexibility index (Phi) is 3.28. The zero-order valence-electron chi connectivity index (χ0n) is 10.3. The number of nitrogens with two attached hydrogens (primary N) is 1. The zero-order chi connectivity index (χ0) is 13.3. The fourth-order valence-electron chi connectivity index (χ4n) is 1.88. The summed E-state index contributed by atoms with van der Waals surface area (Å²) in [4.78, 5) is 18.4. The van der Waals surface area contributed by atoms with Crippen molar-refractivity contribution < 1.29 is 4.92 Å². The van der Waals surface area contributed by atoms with Crippen LogP contribution in [-0.4, -0.2) is 21.4 Å². The van der Waals surface area contributed by atoms with Gasteiger partial charge in [-0.15, -0.1) is 0 Å². The molecule has 0 aliphatic heterocycles. The van der Waals surface area contributed by atoms with Crippen molar-refractivity contribution in [3.05, 3.63) is 15.8 Å². The Labute approximate surface area is 104 Å². The number of nitrogens with one attached hydrogen (secondary N) is 2. The van der Waals surface area contributed by atoms with E-state index >= 15 is 0 Å². The number of hydrogen-bond acceptors (Lipinski definition) is 7. The Morgan fingerprint density at radius 2 is 2.22 bits per heavy atom. The molecule has 0 saturated heterocycles. The molecule has 1 heterocycles. The van der Waals surface area contributed by atoms with Crippen molar-refractivity contribution in [1.82, 2.24) is 9.97 Å². The third-order valence-electron chi connectivity index (χ3n) is 3.18. The Morgan fingerprint density at radius 3 is 2.72 bits per heavy atom. The van der Waals surface area contributed by atoms with E-state index in [4.69, 9.17) is 5.84 Å². The van der Waals surface area contributed by atoms with Gasteiger partial charge in [0, 0.05) is 6.54 Å². The summed E-state index contributed by atoms with van der Waals surface area (Å²) in [6, 6.07) is 0. The third-order valence-corrected chi connectivity index (χ3v) is 3.18. The summed E-state index contributed by atoms with van der Waals surface area (Å²) in [6.07, 6.45) is 1.15. The van der Waals surface area contributed by atoms with Gasteiger partial charge in [-0.3, -0.25) is 15.5 Å². The molecule has 4 N–H and O–H groups in total.